The highest BCUT2D eigenvalue weighted by atomic mass is 16.5. The number of nitrogens with two attached hydrogens (primary N) is 1. The summed E-state index contributed by atoms with van der Waals surface area (Å²) in [6.07, 6.45) is 3.87. The third kappa shape index (κ3) is 3.63. The Balaban J connectivity index is 2.44. The van der Waals surface area contributed by atoms with Gasteiger partial charge in [-0.25, -0.2) is 0 Å². The van der Waals surface area contributed by atoms with Crippen LogP contribution in [0.1, 0.15) is 13.3 Å². The van der Waals surface area contributed by atoms with Crippen LogP contribution in [0.2, 0.25) is 0 Å². The topological polar surface area (TPSA) is 82.2 Å². The molecular weight excluding hydrogens is 208 g/mol. The number of hydrogen-bond donors (Lipinski definition) is 2. The minimum atomic E-state index is -0.551. The zero-order valence-corrected chi connectivity index (χ0v) is 9.64. The molecule has 0 aliphatic carbocycles. The van der Waals surface area contributed by atoms with Crippen LogP contribution in [0.15, 0.2) is 12.4 Å². The van der Waals surface area contributed by atoms with Crippen LogP contribution in [-0.4, -0.2) is 35.4 Å². The summed E-state index contributed by atoms with van der Waals surface area (Å²) in [6.45, 7) is 3.22. The summed E-state index contributed by atoms with van der Waals surface area (Å²) >= 11 is 0. The Hall–Kier alpha value is -1.40. The average Bonchev–Trinajstić information content (AvgIpc) is 2.73. The summed E-state index contributed by atoms with van der Waals surface area (Å²) < 4.78 is 6.59. The Morgan fingerprint density at radius 2 is 2.50 bits per heavy atom. The maximum absolute atomic E-state index is 11.6. The minimum absolute atomic E-state index is 0.215. The molecule has 0 bridgehead atoms. The molecule has 0 fully saturated rings. The molecule has 0 saturated heterocycles. The van der Waals surface area contributed by atoms with Crippen molar-refractivity contribution in [1.82, 2.24) is 9.78 Å². The van der Waals surface area contributed by atoms with Crippen molar-refractivity contribution in [3.63, 3.8) is 0 Å². The predicted octanol–water partition coefficient (Wildman–Crippen LogP) is 0.205. The maximum Gasteiger partial charge on any atom is 0.241 e. The number of ether oxygens (including phenoxy) is 1. The molecule has 0 saturated carbocycles. The number of aromatic nitrogens is 2. The Morgan fingerprint density at radius 1 is 1.75 bits per heavy atom. The molecule has 90 valence electrons. The third-order valence-corrected chi connectivity index (χ3v) is 2.19. The summed E-state index contributed by atoms with van der Waals surface area (Å²) in [5.41, 5.74) is 6.34. The molecule has 6 heteroatoms. The van der Waals surface area contributed by atoms with Crippen molar-refractivity contribution in [3.8, 4) is 0 Å². The van der Waals surface area contributed by atoms with Gasteiger partial charge in [0.1, 0.15) is 0 Å². The van der Waals surface area contributed by atoms with E-state index in [2.05, 4.69) is 10.4 Å². The normalized spacial score (nSPS) is 12.4. The number of carbonyl (C=O) groups is 1. The molecule has 1 unspecified atom stereocenters. The fraction of sp³-hybridized carbons (Fsp3) is 0.600. The third-order valence-electron chi connectivity index (χ3n) is 2.19. The largest absolute Gasteiger partial charge is 0.385 e. The molecule has 16 heavy (non-hydrogen) atoms. The van der Waals surface area contributed by atoms with Gasteiger partial charge in [-0.3, -0.25) is 9.48 Å². The van der Waals surface area contributed by atoms with Gasteiger partial charge in [0, 0.05) is 26.5 Å². The predicted molar refractivity (Wildman–Crippen MR) is 61.0 cm³/mol. The number of anilines is 1. The first-order chi connectivity index (χ1) is 7.67. The smallest absolute Gasteiger partial charge is 0.241 e. The van der Waals surface area contributed by atoms with Gasteiger partial charge in [0.05, 0.1) is 17.9 Å². The fourth-order valence-electron chi connectivity index (χ4n) is 1.21. The van der Waals surface area contributed by atoms with Crippen molar-refractivity contribution in [2.75, 3.05) is 19.0 Å². The molecule has 1 amide bonds. The van der Waals surface area contributed by atoms with Gasteiger partial charge in [-0.1, -0.05) is 0 Å². The summed E-state index contributed by atoms with van der Waals surface area (Å²) in [7, 11) is 1.58. The van der Waals surface area contributed by atoms with Gasteiger partial charge in [-0.2, -0.15) is 5.10 Å². The van der Waals surface area contributed by atoms with E-state index in [1.54, 1.807) is 24.2 Å². The van der Waals surface area contributed by atoms with Gasteiger partial charge in [-0.05, 0) is 13.3 Å². The number of aryl methyl sites for hydroxylation is 1. The van der Waals surface area contributed by atoms with Crippen molar-refractivity contribution < 1.29 is 9.53 Å². The van der Waals surface area contributed by atoms with Gasteiger partial charge >= 0.3 is 0 Å². The molecule has 0 aliphatic rings. The van der Waals surface area contributed by atoms with E-state index in [9.17, 15) is 4.79 Å². The first-order valence-corrected chi connectivity index (χ1v) is 5.25. The molecule has 1 aromatic rings. The van der Waals surface area contributed by atoms with E-state index in [1.807, 2.05) is 6.92 Å². The molecule has 1 aromatic heterocycles. The van der Waals surface area contributed by atoms with E-state index >= 15 is 0 Å². The van der Waals surface area contributed by atoms with E-state index in [-0.39, 0.29) is 5.91 Å². The van der Waals surface area contributed by atoms with E-state index in [4.69, 9.17) is 10.5 Å². The Labute approximate surface area is 94.8 Å². The Bertz CT molecular complexity index is 337. The molecule has 3 N–H and O–H groups in total. The lowest BCUT2D eigenvalue weighted by Crippen LogP contribution is -2.36. The second-order valence-electron chi connectivity index (χ2n) is 3.46. The number of amides is 1. The van der Waals surface area contributed by atoms with Crippen molar-refractivity contribution in [2.45, 2.75) is 25.9 Å². The van der Waals surface area contributed by atoms with Crippen molar-refractivity contribution in [1.29, 1.82) is 0 Å². The van der Waals surface area contributed by atoms with Gasteiger partial charge in [0.15, 0.2) is 0 Å². The van der Waals surface area contributed by atoms with Crippen LogP contribution in [0.25, 0.3) is 0 Å². The van der Waals surface area contributed by atoms with Crippen molar-refractivity contribution >= 4 is 11.6 Å². The molecule has 1 heterocycles. The molecular formula is C10H18N4O2. The number of hydrogen-bond acceptors (Lipinski definition) is 4. The van der Waals surface area contributed by atoms with Crippen LogP contribution >= 0.6 is 0 Å². The quantitative estimate of drug-likeness (QED) is 0.726. The zero-order valence-electron chi connectivity index (χ0n) is 9.64. The molecule has 1 rings (SSSR count). The van der Waals surface area contributed by atoms with Gasteiger partial charge in [-0.15, -0.1) is 0 Å². The lowest BCUT2D eigenvalue weighted by molar-refractivity contribution is -0.117. The van der Waals surface area contributed by atoms with Crippen LogP contribution in [0.5, 0.6) is 0 Å². The van der Waals surface area contributed by atoms with Crippen LogP contribution in [-0.2, 0) is 16.1 Å². The molecule has 0 aliphatic heterocycles. The SMILES string of the molecule is CCn1cc(NC(=O)C(N)CCOC)cn1. The number of nitrogens with zero attached hydrogens (tertiary/aromatic N) is 2. The number of nitrogens with one attached hydrogen (secondary N) is 1. The zero-order chi connectivity index (χ0) is 12.0. The van der Waals surface area contributed by atoms with Gasteiger partial charge in [0.2, 0.25) is 5.91 Å². The highest BCUT2D eigenvalue weighted by molar-refractivity contribution is 5.94. The lowest BCUT2D eigenvalue weighted by Gasteiger charge is -2.10. The standard InChI is InChI=1S/C10H18N4O2/c1-3-14-7-8(6-12-14)13-10(15)9(11)4-5-16-2/h6-7,9H,3-5,11H2,1-2H3,(H,13,15). The average molecular weight is 226 g/mol. The second-order valence-corrected chi connectivity index (χ2v) is 3.46. The molecule has 6 nitrogen and oxygen atoms in total. The number of methoxy groups -OCH3 is 1. The Kier molecular flexibility index (Phi) is 4.94. The fourth-order valence-corrected chi connectivity index (χ4v) is 1.21. The molecule has 1 atom stereocenters. The number of carbonyl (C=O) groups excluding carboxylic acids is 1. The van der Waals surface area contributed by atoms with Crippen LogP contribution in [0, 0.1) is 0 Å². The van der Waals surface area contributed by atoms with Crippen molar-refractivity contribution in [2.24, 2.45) is 5.73 Å². The monoisotopic (exact) mass is 226 g/mol. The second kappa shape index (κ2) is 6.24. The highest BCUT2D eigenvalue weighted by Gasteiger charge is 2.13. The first-order valence-electron chi connectivity index (χ1n) is 5.25. The molecule has 0 aromatic carbocycles. The van der Waals surface area contributed by atoms with Crippen LogP contribution in [0.3, 0.4) is 0 Å². The molecule has 0 radical (unpaired) electrons. The summed E-state index contributed by atoms with van der Waals surface area (Å²) in [4.78, 5) is 11.6. The Morgan fingerprint density at radius 3 is 3.06 bits per heavy atom. The highest BCUT2D eigenvalue weighted by Crippen LogP contribution is 2.05. The van der Waals surface area contributed by atoms with E-state index in [0.29, 0.717) is 18.7 Å². The van der Waals surface area contributed by atoms with E-state index in [1.165, 1.54) is 0 Å². The summed E-state index contributed by atoms with van der Waals surface area (Å²) in [6, 6.07) is -0.551. The number of rotatable bonds is 6. The van der Waals surface area contributed by atoms with E-state index in [0.717, 1.165) is 6.54 Å². The van der Waals surface area contributed by atoms with Crippen LogP contribution in [0.4, 0.5) is 5.69 Å². The summed E-state index contributed by atoms with van der Waals surface area (Å²) in [5, 5.41) is 6.75. The van der Waals surface area contributed by atoms with E-state index < -0.39 is 6.04 Å². The van der Waals surface area contributed by atoms with Crippen molar-refractivity contribution in [3.05, 3.63) is 12.4 Å². The van der Waals surface area contributed by atoms with Gasteiger partial charge < -0.3 is 15.8 Å². The van der Waals surface area contributed by atoms with Gasteiger partial charge in [0.25, 0.3) is 0 Å². The lowest BCUT2D eigenvalue weighted by atomic mass is 10.2. The first kappa shape index (κ1) is 12.7. The molecule has 0 spiro atoms. The summed E-state index contributed by atoms with van der Waals surface area (Å²) in [5.74, 6) is -0.215. The maximum atomic E-state index is 11.6. The van der Waals surface area contributed by atoms with Crippen LogP contribution < -0.4 is 11.1 Å². The minimum Gasteiger partial charge on any atom is -0.385 e.